The summed E-state index contributed by atoms with van der Waals surface area (Å²) in [7, 11) is 0. The van der Waals surface area contributed by atoms with E-state index in [9.17, 15) is 0 Å². The summed E-state index contributed by atoms with van der Waals surface area (Å²) in [6.07, 6.45) is 1.86. The van der Waals surface area contributed by atoms with Crippen LogP contribution in [-0.2, 0) is 25.5 Å². The van der Waals surface area contributed by atoms with Crippen LogP contribution in [0.2, 0.25) is 0 Å². The fraction of sp³-hybridized carbons (Fsp3) is 0.169. The molecule has 3 aromatic heterocycles. The molecule has 0 unspecified atom stereocenters. The van der Waals surface area contributed by atoms with Crippen molar-refractivity contribution in [1.29, 1.82) is 0 Å². The van der Waals surface area contributed by atoms with Crippen LogP contribution < -0.4 is 0 Å². The Morgan fingerprint density at radius 1 is 0.614 bits per heavy atom. The van der Waals surface area contributed by atoms with E-state index in [1.165, 1.54) is 71.9 Å². The summed E-state index contributed by atoms with van der Waals surface area (Å²) in [4.78, 5) is 9.91. The summed E-state index contributed by atoms with van der Waals surface area (Å²) in [6.45, 7) is 13.5. The Morgan fingerprint density at radius 3 is 1.97 bits per heavy atom. The maximum atomic E-state index is 7.34. The van der Waals surface area contributed by atoms with E-state index >= 15 is 0 Å². The minimum absolute atomic E-state index is 0. The van der Waals surface area contributed by atoms with Gasteiger partial charge in [-0.1, -0.05) is 175 Å². The maximum absolute atomic E-state index is 7.34. The second-order valence-electron chi connectivity index (χ2n) is 19.8. The number of aromatic nitrogens is 3. The number of hydrogen-bond acceptors (Lipinski definition) is 3. The minimum Gasteiger partial charge on any atom is -0.501 e. The third kappa shape index (κ3) is 8.42. The van der Waals surface area contributed by atoms with E-state index < -0.39 is 6.85 Å². The number of fused-ring (bicyclic) bond motifs is 9. The van der Waals surface area contributed by atoms with E-state index in [0.717, 1.165) is 55.6 Å². The van der Waals surface area contributed by atoms with Crippen LogP contribution in [0.5, 0.6) is 0 Å². The number of hydrogen-bond donors (Lipinski definition) is 0. The van der Waals surface area contributed by atoms with E-state index in [2.05, 4.69) is 204 Å². The van der Waals surface area contributed by atoms with Gasteiger partial charge in [0.25, 0.3) is 0 Å². The second kappa shape index (κ2) is 18.6. The zero-order valence-corrected chi connectivity index (χ0v) is 42.9. The van der Waals surface area contributed by atoms with Crippen molar-refractivity contribution in [3.05, 3.63) is 210 Å². The Hall–Kier alpha value is -7.17. The summed E-state index contributed by atoms with van der Waals surface area (Å²) < 4.78 is 31.4. The quantitative estimate of drug-likeness (QED) is 0.123. The van der Waals surface area contributed by atoms with E-state index in [1.54, 1.807) is 12.1 Å². The Labute approximate surface area is 428 Å². The molecule has 0 saturated carbocycles. The van der Waals surface area contributed by atoms with Gasteiger partial charge in [0.15, 0.2) is 0 Å². The molecule has 0 fully saturated rings. The third-order valence-corrected chi connectivity index (χ3v) is 13.5. The molecule has 1 radical (unpaired) electrons. The average molecular weight is 1090 g/mol. The van der Waals surface area contributed by atoms with Gasteiger partial charge >= 0.3 is 0 Å². The number of imidazole rings is 1. The van der Waals surface area contributed by atoms with Gasteiger partial charge in [0.2, 0.25) is 0 Å². The first-order valence-corrected chi connectivity index (χ1v) is 23.9. The Morgan fingerprint density at radius 2 is 1.30 bits per heavy atom. The topological polar surface area (TPSA) is 43.9 Å². The minimum atomic E-state index is -2.08. The molecule has 70 heavy (non-hydrogen) atoms. The van der Waals surface area contributed by atoms with Crippen LogP contribution in [0.15, 0.2) is 180 Å². The molecule has 0 bridgehead atoms. The molecule has 9 aromatic carbocycles. The van der Waals surface area contributed by atoms with E-state index in [4.69, 9.17) is 13.5 Å². The third-order valence-electron chi connectivity index (χ3n) is 13.5. The number of rotatable bonds is 6. The van der Waals surface area contributed by atoms with Crippen LogP contribution in [0.3, 0.4) is 0 Å². The summed E-state index contributed by atoms with van der Waals surface area (Å²) in [5.74, 6) is 1.34. The molecule has 347 valence electrons. The zero-order valence-electron chi connectivity index (χ0n) is 43.5. The molecule has 0 saturated heterocycles. The first kappa shape index (κ1) is 42.9. The van der Waals surface area contributed by atoms with Gasteiger partial charge < -0.3 is 14.0 Å². The fourth-order valence-electron chi connectivity index (χ4n) is 9.83. The van der Waals surface area contributed by atoms with Crippen molar-refractivity contribution in [2.45, 2.75) is 72.6 Å². The standard InChI is InChI=1S/C49H37N2O.C16H18N.Ir/c1-29(2)40-26-35(31-13-6-5-7-14-31)27-41(30(3)4)46(40)51-47-37-18-11-9-16-33(37)23-24-44(47)50-49(51)39-20-12-19-38-43-25-34-22-21-32-15-8-10-17-36(32)42(34)28-45(43)52-48(38)39;1-12-5-7-13(8-6-12)15-10-9-14(11-17-15)16(2,3)4;/h5-19,21-30H,1-4H3;5-7,9-11H,1-4H3;/q2*-1;/i;1D3;. The smallest absolute Gasteiger partial charge is 0.121 e. The molecule has 12 aromatic rings. The fourth-order valence-corrected chi connectivity index (χ4v) is 9.83. The molecular formula is C65H55IrN3O-2. The number of nitrogens with zero attached hydrogens (tertiary/aromatic N) is 3. The van der Waals surface area contributed by atoms with Gasteiger partial charge in [-0.25, -0.2) is 0 Å². The second-order valence-corrected chi connectivity index (χ2v) is 19.8. The Bertz CT molecular complexity index is 3910. The molecule has 0 aliphatic rings. The van der Waals surface area contributed by atoms with Gasteiger partial charge in [-0.3, -0.25) is 4.98 Å². The van der Waals surface area contributed by atoms with Gasteiger partial charge in [-0.2, -0.15) is 0 Å². The molecule has 0 aliphatic carbocycles. The van der Waals surface area contributed by atoms with Crippen LogP contribution in [-0.4, -0.2) is 14.5 Å². The van der Waals surface area contributed by atoms with Crippen LogP contribution in [0.4, 0.5) is 0 Å². The molecule has 5 heteroatoms. The summed E-state index contributed by atoms with van der Waals surface area (Å²) >= 11 is 0. The molecule has 0 spiro atoms. The largest absolute Gasteiger partial charge is 0.501 e. The van der Waals surface area contributed by atoms with Gasteiger partial charge in [0.1, 0.15) is 5.58 Å². The summed E-state index contributed by atoms with van der Waals surface area (Å²) in [5.41, 5.74) is 13.9. The maximum Gasteiger partial charge on any atom is 0.121 e. The average Bonchev–Trinajstić information content (AvgIpc) is 3.96. The number of furan rings is 1. The summed E-state index contributed by atoms with van der Waals surface area (Å²) in [6, 6.07) is 65.7. The molecule has 4 nitrogen and oxygen atoms in total. The predicted molar refractivity (Wildman–Crippen MR) is 291 cm³/mol. The van der Waals surface area contributed by atoms with Gasteiger partial charge in [-0.15, -0.1) is 53.6 Å². The van der Waals surface area contributed by atoms with Crippen LogP contribution >= 0.6 is 0 Å². The van der Waals surface area contributed by atoms with Crippen molar-refractivity contribution in [3.63, 3.8) is 0 Å². The summed E-state index contributed by atoms with van der Waals surface area (Å²) in [5, 5.41) is 9.36. The molecule has 0 aliphatic heterocycles. The van der Waals surface area contributed by atoms with Crippen molar-refractivity contribution >= 4 is 65.3 Å². The molecule has 0 atom stereocenters. The number of aryl methyl sites for hydroxylation is 1. The number of benzene rings is 9. The number of pyridine rings is 1. The van der Waals surface area contributed by atoms with Crippen molar-refractivity contribution in [1.82, 2.24) is 14.5 Å². The van der Waals surface area contributed by atoms with Gasteiger partial charge in [-0.05, 0) is 108 Å². The normalized spacial score (nSPS) is 12.7. The van der Waals surface area contributed by atoms with Crippen molar-refractivity contribution in [2.75, 3.05) is 0 Å². The SMILES string of the molecule is CC(C)c1cc(-c2ccccc2)cc(C(C)C)c1-n1c(-c2[c-]ccc3c2oc2cc4c(ccc5ccccc54)cc23)nc2ccc3ccccc3c21.[2H]C([2H])([2H])c1c[c-]c(-c2ccc(C(C)(C)C)cn2)cc1.[Ir]. The van der Waals surface area contributed by atoms with Crippen molar-refractivity contribution in [2.24, 2.45) is 0 Å². The van der Waals surface area contributed by atoms with Gasteiger partial charge in [0, 0.05) is 46.9 Å². The Kier molecular flexibility index (Phi) is 11.4. The first-order chi connectivity index (χ1) is 34.6. The molecule has 0 amide bonds. The predicted octanol–water partition coefficient (Wildman–Crippen LogP) is 17.9. The Balaban J connectivity index is 0.000000246. The van der Waals surface area contributed by atoms with E-state index in [0.29, 0.717) is 5.56 Å². The van der Waals surface area contributed by atoms with Crippen molar-refractivity contribution < 1.29 is 28.6 Å². The zero-order chi connectivity index (χ0) is 50.1. The van der Waals surface area contributed by atoms with E-state index in [1.807, 2.05) is 24.4 Å². The monoisotopic (exact) mass is 1090 g/mol. The molecular weight excluding hydrogens is 1030 g/mol. The van der Waals surface area contributed by atoms with Gasteiger partial charge in [0.05, 0.1) is 22.4 Å². The van der Waals surface area contributed by atoms with Crippen LogP contribution in [0.25, 0.3) is 105 Å². The molecule has 12 rings (SSSR count). The van der Waals surface area contributed by atoms with Crippen LogP contribution in [0, 0.1) is 19.0 Å². The molecule has 3 heterocycles. The van der Waals surface area contributed by atoms with Crippen molar-refractivity contribution in [3.8, 4) is 39.5 Å². The van der Waals surface area contributed by atoms with E-state index in [-0.39, 0.29) is 37.4 Å². The first-order valence-electron chi connectivity index (χ1n) is 25.4. The van der Waals surface area contributed by atoms with Crippen LogP contribution in [0.1, 0.15) is 86.7 Å². The molecule has 0 N–H and O–H groups in total.